The van der Waals surface area contributed by atoms with E-state index in [0.717, 1.165) is 21.8 Å². The molecule has 94 valence electrons. The number of anilines is 1. The number of hydrogen-bond acceptors (Lipinski definition) is 3. The van der Waals surface area contributed by atoms with Gasteiger partial charge in [0.1, 0.15) is 0 Å². The number of rotatable bonds is 4. The molecule has 0 unspecified atom stereocenters. The Morgan fingerprint density at radius 1 is 1.28 bits per heavy atom. The van der Waals surface area contributed by atoms with Crippen LogP contribution in [0, 0.1) is 6.92 Å². The van der Waals surface area contributed by atoms with Crippen LogP contribution in [0.4, 0.5) is 5.69 Å². The zero-order valence-corrected chi connectivity index (χ0v) is 11.2. The fourth-order valence-corrected chi connectivity index (χ4v) is 2.07. The van der Waals surface area contributed by atoms with E-state index in [9.17, 15) is 0 Å². The molecule has 0 saturated carbocycles. The number of halogens is 1. The molecule has 4 heteroatoms. The quantitative estimate of drug-likeness (QED) is 0.913. The Hall–Kier alpha value is -1.74. The van der Waals surface area contributed by atoms with E-state index in [-0.39, 0.29) is 0 Å². The maximum Gasteiger partial charge on any atom is 0.218 e. The molecule has 0 aliphatic rings. The highest BCUT2D eigenvalue weighted by molar-refractivity contribution is 6.33. The van der Waals surface area contributed by atoms with Crippen molar-refractivity contribution >= 4 is 17.3 Å². The van der Waals surface area contributed by atoms with Crippen molar-refractivity contribution < 1.29 is 4.74 Å². The molecule has 0 atom stereocenters. The molecule has 3 nitrogen and oxygen atoms in total. The van der Waals surface area contributed by atoms with E-state index in [1.54, 1.807) is 13.3 Å². The minimum absolute atomic E-state index is 0.627. The summed E-state index contributed by atoms with van der Waals surface area (Å²) in [5.74, 6) is 0.634. The van der Waals surface area contributed by atoms with Crippen LogP contribution in [0.2, 0.25) is 5.02 Å². The van der Waals surface area contributed by atoms with Gasteiger partial charge in [0.05, 0.1) is 17.8 Å². The fourth-order valence-electron chi connectivity index (χ4n) is 1.78. The van der Waals surface area contributed by atoms with E-state index in [4.69, 9.17) is 16.3 Å². The first-order chi connectivity index (χ1) is 8.72. The molecule has 2 aromatic rings. The summed E-state index contributed by atoms with van der Waals surface area (Å²) in [5.41, 5.74) is 3.06. The van der Waals surface area contributed by atoms with Gasteiger partial charge in [-0.2, -0.15) is 0 Å². The summed E-state index contributed by atoms with van der Waals surface area (Å²) in [6, 6.07) is 9.70. The van der Waals surface area contributed by atoms with E-state index in [2.05, 4.69) is 10.3 Å². The number of aryl methyl sites for hydroxylation is 1. The van der Waals surface area contributed by atoms with Crippen molar-refractivity contribution in [3.05, 3.63) is 52.7 Å². The van der Waals surface area contributed by atoms with E-state index in [0.29, 0.717) is 12.4 Å². The molecule has 1 aromatic heterocycles. The average molecular weight is 263 g/mol. The van der Waals surface area contributed by atoms with Crippen LogP contribution in [0.5, 0.6) is 5.88 Å². The van der Waals surface area contributed by atoms with Crippen molar-refractivity contribution in [3.63, 3.8) is 0 Å². The summed E-state index contributed by atoms with van der Waals surface area (Å²) in [6.45, 7) is 2.65. The molecular weight excluding hydrogens is 248 g/mol. The molecule has 0 aliphatic heterocycles. The number of aromatic nitrogens is 1. The highest BCUT2D eigenvalue weighted by Gasteiger charge is 2.06. The second-order valence-corrected chi connectivity index (χ2v) is 4.36. The molecule has 2 rings (SSSR count). The average Bonchev–Trinajstić information content (AvgIpc) is 2.38. The van der Waals surface area contributed by atoms with Crippen LogP contribution < -0.4 is 10.1 Å². The molecule has 18 heavy (non-hydrogen) atoms. The topological polar surface area (TPSA) is 34.1 Å². The number of nitrogens with one attached hydrogen (secondary N) is 1. The Morgan fingerprint density at radius 3 is 2.83 bits per heavy atom. The molecule has 0 saturated heterocycles. The summed E-state index contributed by atoms with van der Waals surface area (Å²) < 4.78 is 5.21. The smallest absolute Gasteiger partial charge is 0.218 e. The molecule has 0 spiro atoms. The van der Waals surface area contributed by atoms with Crippen LogP contribution in [0.3, 0.4) is 0 Å². The Kier molecular flexibility index (Phi) is 4.05. The first-order valence-corrected chi connectivity index (χ1v) is 6.07. The van der Waals surface area contributed by atoms with Gasteiger partial charge in [0.2, 0.25) is 5.88 Å². The van der Waals surface area contributed by atoms with Crippen LogP contribution in [0.15, 0.2) is 36.5 Å². The number of benzene rings is 1. The van der Waals surface area contributed by atoms with Gasteiger partial charge in [0, 0.05) is 18.3 Å². The van der Waals surface area contributed by atoms with E-state index in [1.807, 2.05) is 37.3 Å². The Balaban J connectivity index is 2.16. The third-order valence-corrected chi connectivity index (χ3v) is 3.04. The molecule has 0 amide bonds. The lowest BCUT2D eigenvalue weighted by Gasteiger charge is -2.12. The third-order valence-electron chi connectivity index (χ3n) is 2.72. The summed E-state index contributed by atoms with van der Waals surface area (Å²) >= 11 is 6.16. The summed E-state index contributed by atoms with van der Waals surface area (Å²) in [6.07, 6.45) is 1.71. The van der Waals surface area contributed by atoms with Gasteiger partial charge in [-0.3, -0.25) is 0 Å². The standard InChI is InChI=1S/C14H15ClN2O/c1-10-5-3-7-12(15)13(10)17-9-11-6-4-8-16-14(11)18-2/h3-8,17H,9H2,1-2H3. The van der Waals surface area contributed by atoms with Crippen molar-refractivity contribution in [1.29, 1.82) is 0 Å². The lowest BCUT2D eigenvalue weighted by molar-refractivity contribution is 0.393. The highest BCUT2D eigenvalue weighted by Crippen LogP contribution is 2.26. The maximum atomic E-state index is 6.16. The first kappa shape index (κ1) is 12.7. The molecule has 0 aliphatic carbocycles. The number of ether oxygens (including phenoxy) is 1. The summed E-state index contributed by atoms with van der Waals surface area (Å²) in [4.78, 5) is 4.16. The molecule has 1 N–H and O–H groups in total. The fraction of sp³-hybridized carbons (Fsp3) is 0.214. The van der Waals surface area contributed by atoms with Crippen molar-refractivity contribution in [1.82, 2.24) is 4.98 Å². The minimum Gasteiger partial charge on any atom is -0.481 e. The normalized spacial score (nSPS) is 10.2. The van der Waals surface area contributed by atoms with Crippen molar-refractivity contribution in [2.75, 3.05) is 12.4 Å². The van der Waals surface area contributed by atoms with Crippen molar-refractivity contribution in [3.8, 4) is 5.88 Å². The van der Waals surface area contributed by atoms with Crippen LogP contribution in [0.1, 0.15) is 11.1 Å². The van der Waals surface area contributed by atoms with Crippen LogP contribution in [0.25, 0.3) is 0 Å². The van der Waals surface area contributed by atoms with Crippen LogP contribution in [-0.4, -0.2) is 12.1 Å². The molecule has 1 heterocycles. The monoisotopic (exact) mass is 262 g/mol. The maximum absolute atomic E-state index is 6.16. The molecule has 1 aromatic carbocycles. The number of pyridine rings is 1. The second kappa shape index (κ2) is 5.74. The van der Waals surface area contributed by atoms with Gasteiger partial charge in [0.25, 0.3) is 0 Å². The Labute approximate surface area is 112 Å². The van der Waals surface area contributed by atoms with Crippen LogP contribution >= 0.6 is 11.6 Å². The number of hydrogen-bond donors (Lipinski definition) is 1. The molecular formula is C14H15ClN2O. The predicted molar refractivity (Wildman–Crippen MR) is 74.3 cm³/mol. The lowest BCUT2D eigenvalue weighted by Crippen LogP contribution is -2.04. The van der Waals surface area contributed by atoms with Crippen molar-refractivity contribution in [2.45, 2.75) is 13.5 Å². The van der Waals surface area contributed by atoms with Gasteiger partial charge < -0.3 is 10.1 Å². The zero-order chi connectivity index (χ0) is 13.0. The van der Waals surface area contributed by atoms with Gasteiger partial charge in [-0.1, -0.05) is 29.8 Å². The predicted octanol–water partition coefficient (Wildman–Crippen LogP) is 3.66. The van der Waals surface area contributed by atoms with Gasteiger partial charge >= 0.3 is 0 Å². The van der Waals surface area contributed by atoms with Crippen LogP contribution in [-0.2, 0) is 6.54 Å². The first-order valence-electron chi connectivity index (χ1n) is 5.69. The highest BCUT2D eigenvalue weighted by atomic mass is 35.5. The van der Waals surface area contributed by atoms with Gasteiger partial charge in [-0.05, 0) is 24.6 Å². The van der Waals surface area contributed by atoms with E-state index >= 15 is 0 Å². The Bertz CT molecular complexity index is 523. The third kappa shape index (κ3) is 2.74. The molecule has 0 radical (unpaired) electrons. The van der Waals surface area contributed by atoms with Gasteiger partial charge in [0.15, 0.2) is 0 Å². The zero-order valence-electron chi connectivity index (χ0n) is 10.4. The Morgan fingerprint density at radius 2 is 2.11 bits per heavy atom. The number of para-hydroxylation sites is 1. The van der Waals surface area contributed by atoms with E-state index < -0.39 is 0 Å². The van der Waals surface area contributed by atoms with Crippen molar-refractivity contribution in [2.24, 2.45) is 0 Å². The number of methoxy groups -OCH3 is 1. The minimum atomic E-state index is 0.627. The lowest BCUT2D eigenvalue weighted by atomic mass is 10.2. The van der Waals surface area contributed by atoms with Gasteiger partial charge in [-0.15, -0.1) is 0 Å². The second-order valence-electron chi connectivity index (χ2n) is 3.96. The summed E-state index contributed by atoms with van der Waals surface area (Å²) in [5, 5.41) is 4.04. The number of nitrogens with zero attached hydrogens (tertiary/aromatic N) is 1. The SMILES string of the molecule is COc1ncccc1CNc1c(C)cccc1Cl. The van der Waals surface area contributed by atoms with E-state index in [1.165, 1.54) is 0 Å². The largest absolute Gasteiger partial charge is 0.481 e. The molecule has 0 fully saturated rings. The molecule has 0 bridgehead atoms. The van der Waals surface area contributed by atoms with Gasteiger partial charge in [-0.25, -0.2) is 4.98 Å². The summed E-state index contributed by atoms with van der Waals surface area (Å²) in [7, 11) is 1.62.